The maximum Gasteiger partial charge on any atom is 0.291 e. The summed E-state index contributed by atoms with van der Waals surface area (Å²) in [7, 11) is 0. The number of nitrogens with one attached hydrogen (secondary N) is 2. The van der Waals surface area contributed by atoms with E-state index in [1.807, 2.05) is 13.0 Å². The Morgan fingerprint density at radius 2 is 1.89 bits per heavy atom. The molecule has 2 aromatic carbocycles. The molecular weight excluding hydrogens is 472 g/mol. The summed E-state index contributed by atoms with van der Waals surface area (Å²) in [6, 6.07) is 11.1. The SMILES string of the molecule is Cc1ccc(NC(=O)c2oc3c(c2C)/C(=N/NC(=O)Cc2ccc([N+](=O)[O-])cc2)CCC3)cc1Cl. The van der Waals surface area contributed by atoms with E-state index >= 15 is 0 Å². The lowest BCUT2D eigenvalue weighted by Crippen LogP contribution is -2.23. The first-order chi connectivity index (χ1) is 16.7. The van der Waals surface area contributed by atoms with Gasteiger partial charge in [-0.2, -0.15) is 5.10 Å². The minimum atomic E-state index is -0.492. The van der Waals surface area contributed by atoms with E-state index in [1.165, 1.54) is 24.3 Å². The number of nitro groups is 1. The molecule has 0 saturated heterocycles. The summed E-state index contributed by atoms with van der Waals surface area (Å²) in [5, 5.41) is 18.4. The molecular formula is C25H23ClN4O5. The normalized spacial score (nSPS) is 13.9. The molecule has 10 heteroatoms. The zero-order valence-corrected chi connectivity index (χ0v) is 19.9. The fourth-order valence-electron chi connectivity index (χ4n) is 3.95. The summed E-state index contributed by atoms with van der Waals surface area (Å²) in [5.41, 5.74) is 6.65. The Kier molecular flexibility index (Phi) is 6.97. The van der Waals surface area contributed by atoms with Crippen molar-refractivity contribution in [1.29, 1.82) is 0 Å². The van der Waals surface area contributed by atoms with Crippen LogP contribution in [0.25, 0.3) is 0 Å². The molecule has 0 spiro atoms. The molecule has 180 valence electrons. The molecule has 0 aliphatic heterocycles. The highest BCUT2D eigenvalue weighted by Gasteiger charge is 2.28. The van der Waals surface area contributed by atoms with Crippen LogP contribution < -0.4 is 10.7 Å². The Morgan fingerprint density at radius 3 is 2.57 bits per heavy atom. The maximum atomic E-state index is 12.9. The van der Waals surface area contributed by atoms with Crippen molar-refractivity contribution in [2.75, 3.05) is 5.32 Å². The number of non-ortho nitro benzene ring substituents is 1. The lowest BCUT2D eigenvalue weighted by molar-refractivity contribution is -0.384. The minimum absolute atomic E-state index is 0.0266. The van der Waals surface area contributed by atoms with Crippen molar-refractivity contribution >= 4 is 40.5 Å². The lowest BCUT2D eigenvalue weighted by Gasteiger charge is -2.13. The molecule has 0 atom stereocenters. The maximum absolute atomic E-state index is 12.9. The number of hydrazone groups is 1. The Bertz CT molecular complexity index is 1340. The molecule has 4 rings (SSSR count). The molecule has 3 aromatic rings. The molecule has 0 saturated carbocycles. The Hall–Kier alpha value is -3.98. The number of furan rings is 1. The van der Waals surface area contributed by atoms with Crippen LogP contribution in [0.4, 0.5) is 11.4 Å². The molecule has 9 nitrogen and oxygen atoms in total. The number of aryl methyl sites for hydroxylation is 2. The standard InChI is InChI=1S/C25H23ClN4O5/c1-14-6-9-17(13-19(14)26)27-25(32)24-15(2)23-20(4-3-5-21(23)35-24)28-29-22(31)12-16-7-10-18(11-8-16)30(33)34/h6-11,13H,3-5,12H2,1-2H3,(H,27,32)(H,29,31)/b28-20+. The molecule has 1 aliphatic carbocycles. The van der Waals surface area contributed by atoms with Crippen molar-refractivity contribution in [3.05, 3.63) is 91.4 Å². The van der Waals surface area contributed by atoms with E-state index in [0.29, 0.717) is 46.2 Å². The number of hydrogen-bond donors (Lipinski definition) is 2. The Balaban J connectivity index is 1.48. The second kappa shape index (κ2) is 10.1. The van der Waals surface area contributed by atoms with E-state index in [0.717, 1.165) is 17.5 Å². The van der Waals surface area contributed by atoms with Crippen molar-refractivity contribution < 1.29 is 18.9 Å². The Labute approximate surface area is 206 Å². The number of fused-ring (bicyclic) bond motifs is 1. The topological polar surface area (TPSA) is 127 Å². The van der Waals surface area contributed by atoms with Gasteiger partial charge in [0.15, 0.2) is 5.76 Å². The predicted octanol–water partition coefficient (Wildman–Crippen LogP) is 5.11. The Morgan fingerprint density at radius 1 is 1.14 bits per heavy atom. The van der Waals surface area contributed by atoms with Crippen LogP contribution in [0, 0.1) is 24.0 Å². The van der Waals surface area contributed by atoms with E-state index in [4.69, 9.17) is 16.0 Å². The number of anilines is 1. The zero-order valence-electron chi connectivity index (χ0n) is 19.2. The van der Waals surface area contributed by atoms with Gasteiger partial charge in [0.05, 0.1) is 17.1 Å². The van der Waals surface area contributed by atoms with Crippen molar-refractivity contribution in [3.63, 3.8) is 0 Å². The van der Waals surface area contributed by atoms with E-state index in [2.05, 4.69) is 15.8 Å². The van der Waals surface area contributed by atoms with Crippen LogP contribution in [0.3, 0.4) is 0 Å². The van der Waals surface area contributed by atoms with Gasteiger partial charge in [0, 0.05) is 40.4 Å². The average molecular weight is 495 g/mol. The van der Waals surface area contributed by atoms with Gasteiger partial charge in [0.2, 0.25) is 5.91 Å². The highest BCUT2D eigenvalue weighted by molar-refractivity contribution is 6.31. The van der Waals surface area contributed by atoms with Crippen LogP contribution >= 0.6 is 11.6 Å². The molecule has 1 heterocycles. The average Bonchev–Trinajstić information content (AvgIpc) is 3.17. The highest BCUT2D eigenvalue weighted by Crippen LogP contribution is 2.30. The summed E-state index contributed by atoms with van der Waals surface area (Å²) in [5.74, 6) is 0.106. The predicted molar refractivity (Wildman–Crippen MR) is 132 cm³/mol. The van der Waals surface area contributed by atoms with Crippen LogP contribution in [0.1, 0.15) is 51.4 Å². The van der Waals surface area contributed by atoms with Gasteiger partial charge in [0.25, 0.3) is 11.6 Å². The first-order valence-corrected chi connectivity index (χ1v) is 11.4. The second-order valence-electron chi connectivity index (χ2n) is 8.32. The summed E-state index contributed by atoms with van der Waals surface area (Å²) in [4.78, 5) is 35.6. The van der Waals surface area contributed by atoms with Gasteiger partial charge in [-0.15, -0.1) is 0 Å². The summed E-state index contributed by atoms with van der Waals surface area (Å²) >= 11 is 6.15. The van der Waals surface area contributed by atoms with Crippen molar-refractivity contribution in [3.8, 4) is 0 Å². The van der Waals surface area contributed by atoms with E-state index in [9.17, 15) is 19.7 Å². The van der Waals surface area contributed by atoms with Gasteiger partial charge in [-0.05, 0) is 49.9 Å². The number of nitro benzene ring substituents is 1. The number of rotatable bonds is 6. The highest BCUT2D eigenvalue weighted by atomic mass is 35.5. The van der Waals surface area contributed by atoms with Crippen LogP contribution in [-0.2, 0) is 17.6 Å². The number of amides is 2. The smallest absolute Gasteiger partial charge is 0.291 e. The molecule has 35 heavy (non-hydrogen) atoms. The fourth-order valence-corrected chi connectivity index (χ4v) is 4.13. The number of carbonyl (C=O) groups excluding carboxylic acids is 2. The van der Waals surface area contributed by atoms with Gasteiger partial charge >= 0.3 is 0 Å². The van der Waals surface area contributed by atoms with Crippen LogP contribution in [0.15, 0.2) is 52.0 Å². The number of halogens is 1. The van der Waals surface area contributed by atoms with Crippen LogP contribution in [0.5, 0.6) is 0 Å². The molecule has 2 amide bonds. The third-order valence-electron chi connectivity index (χ3n) is 5.79. The monoisotopic (exact) mass is 494 g/mol. The minimum Gasteiger partial charge on any atom is -0.455 e. The number of hydrogen-bond acceptors (Lipinski definition) is 6. The first-order valence-electron chi connectivity index (χ1n) is 11.0. The van der Waals surface area contributed by atoms with Crippen LogP contribution in [-0.4, -0.2) is 22.4 Å². The molecule has 0 fully saturated rings. The van der Waals surface area contributed by atoms with Gasteiger partial charge in [-0.3, -0.25) is 19.7 Å². The van der Waals surface area contributed by atoms with Gasteiger partial charge in [0.1, 0.15) is 5.76 Å². The molecule has 1 aliphatic rings. The van der Waals surface area contributed by atoms with E-state index in [-0.39, 0.29) is 23.8 Å². The first kappa shape index (κ1) is 24.2. The zero-order chi connectivity index (χ0) is 25.1. The van der Waals surface area contributed by atoms with Crippen LogP contribution in [0.2, 0.25) is 5.02 Å². The lowest BCUT2D eigenvalue weighted by atomic mass is 9.93. The quantitative estimate of drug-likeness (QED) is 0.363. The summed E-state index contributed by atoms with van der Waals surface area (Å²) in [6.45, 7) is 3.67. The molecule has 0 unspecified atom stereocenters. The van der Waals surface area contributed by atoms with Gasteiger partial charge < -0.3 is 9.73 Å². The third-order valence-corrected chi connectivity index (χ3v) is 6.20. The third kappa shape index (κ3) is 5.41. The van der Waals surface area contributed by atoms with Gasteiger partial charge in [-0.25, -0.2) is 5.43 Å². The largest absolute Gasteiger partial charge is 0.455 e. The fraction of sp³-hybridized carbons (Fsp3) is 0.240. The number of carbonyl (C=O) groups is 2. The van der Waals surface area contributed by atoms with E-state index in [1.54, 1.807) is 19.1 Å². The van der Waals surface area contributed by atoms with Crippen molar-refractivity contribution in [2.45, 2.75) is 39.5 Å². The number of benzene rings is 2. The number of nitrogens with zero attached hydrogens (tertiary/aromatic N) is 2. The van der Waals surface area contributed by atoms with Crippen molar-refractivity contribution in [1.82, 2.24) is 5.43 Å². The molecule has 0 radical (unpaired) electrons. The van der Waals surface area contributed by atoms with E-state index < -0.39 is 10.8 Å². The van der Waals surface area contributed by atoms with Gasteiger partial charge in [-0.1, -0.05) is 29.8 Å². The van der Waals surface area contributed by atoms with Crippen molar-refractivity contribution in [2.24, 2.45) is 5.10 Å². The molecule has 0 bridgehead atoms. The summed E-state index contributed by atoms with van der Waals surface area (Å²) < 4.78 is 5.89. The summed E-state index contributed by atoms with van der Waals surface area (Å²) in [6.07, 6.45) is 2.08. The second-order valence-corrected chi connectivity index (χ2v) is 8.73. The molecule has 1 aromatic heterocycles. The molecule has 2 N–H and O–H groups in total.